The van der Waals surface area contributed by atoms with Crippen LogP contribution in [0.1, 0.15) is 16.7 Å². The number of aryl methyl sites for hydroxylation is 1. The summed E-state index contributed by atoms with van der Waals surface area (Å²) in [6, 6.07) is 49.5. The largest absolute Gasteiger partial charge is 0.0622 e. The number of rotatable bonds is 3. The Kier molecular flexibility index (Phi) is 6.23. The van der Waals surface area contributed by atoms with E-state index in [4.69, 9.17) is 0 Å². The van der Waals surface area contributed by atoms with Gasteiger partial charge < -0.3 is 0 Å². The highest BCUT2D eigenvalue weighted by atomic mass is 14.1. The molecule has 0 aliphatic heterocycles. The molecular formula is C37H28. The summed E-state index contributed by atoms with van der Waals surface area (Å²) in [5.41, 5.74) is 6.36. The fraction of sp³-hybridized carbons (Fsp3) is 0.0270. The molecule has 7 rings (SSSR count). The second-order valence-electron chi connectivity index (χ2n) is 9.49. The quantitative estimate of drug-likeness (QED) is 0.177. The predicted octanol–water partition coefficient (Wildman–Crippen LogP) is 10.4. The Bertz CT molecular complexity index is 1730. The zero-order chi connectivity index (χ0) is 25.0. The van der Waals surface area contributed by atoms with Gasteiger partial charge in [0.1, 0.15) is 0 Å². The Hall–Kier alpha value is -4.68. The van der Waals surface area contributed by atoms with Gasteiger partial charge >= 0.3 is 0 Å². The van der Waals surface area contributed by atoms with Crippen molar-refractivity contribution in [3.8, 4) is 11.1 Å². The first-order valence-corrected chi connectivity index (χ1v) is 12.8. The fourth-order valence-corrected chi connectivity index (χ4v) is 5.04. The summed E-state index contributed by atoms with van der Waals surface area (Å²) in [5, 5.41) is 8.08. The summed E-state index contributed by atoms with van der Waals surface area (Å²) >= 11 is 0. The minimum absolute atomic E-state index is 1.23. The van der Waals surface area contributed by atoms with Crippen LogP contribution in [0.25, 0.3) is 55.6 Å². The fourth-order valence-electron chi connectivity index (χ4n) is 5.04. The van der Waals surface area contributed by atoms with E-state index in [2.05, 4.69) is 122 Å². The number of hydrogen-bond donors (Lipinski definition) is 0. The standard InChI is InChI=1S/C23H16.C14H12/c1-15-5-7-16(8-6-15)20-13-11-19-10-9-17-3-2-4-18-12-14-21(20)23(19)22(17)18;1-3-7-13(8-4-1)11-12-14-9-5-2-6-10-14/h2-14H,1H3;1-12H. The van der Waals surface area contributed by atoms with Crippen LogP contribution in [-0.2, 0) is 0 Å². The SMILES string of the molecule is C(=Cc1ccccc1)c1ccccc1.Cc1ccc(-c2ccc3ccc4cccc5ccc2c3c45)cc1. The molecule has 0 N–H and O–H groups in total. The van der Waals surface area contributed by atoms with Gasteiger partial charge in [-0.15, -0.1) is 0 Å². The van der Waals surface area contributed by atoms with Crippen molar-refractivity contribution in [3.05, 3.63) is 156 Å². The van der Waals surface area contributed by atoms with E-state index in [9.17, 15) is 0 Å². The van der Waals surface area contributed by atoms with Crippen molar-refractivity contribution >= 4 is 44.5 Å². The predicted molar refractivity (Wildman–Crippen MR) is 162 cm³/mol. The smallest absolute Gasteiger partial charge is 0.00206 e. The Morgan fingerprint density at radius 1 is 0.405 bits per heavy atom. The molecule has 0 amide bonds. The van der Waals surface area contributed by atoms with Crippen LogP contribution in [0.3, 0.4) is 0 Å². The summed E-state index contributed by atoms with van der Waals surface area (Å²) < 4.78 is 0. The van der Waals surface area contributed by atoms with E-state index in [-0.39, 0.29) is 0 Å². The molecule has 176 valence electrons. The average molecular weight is 473 g/mol. The van der Waals surface area contributed by atoms with Crippen LogP contribution in [0, 0.1) is 6.92 Å². The maximum Gasteiger partial charge on any atom is -0.00206 e. The van der Waals surface area contributed by atoms with Gasteiger partial charge in [-0.1, -0.05) is 157 Å². The Labute approximate surface area is 218 Å². The highest BCUT2D eigenvalue weighted by Crippen LogP contribution is 2.39. The zero-order valence-electron chi connectivity index (χ0n) is 20.9. The van der Waals surface area contributed by atoms with Gasteiger partial charge in [-0.25, -0.2) is 0 Å². The highest BCUT2D eigenvalue weighted by molar-refractivity contribution is 6.25. The first-order valence-electron chi connectivity index (χ1n) is 12.8. The van der Waals surface area contributed by atoms with Crippen LogP contribution < -0.4 is 0 Å². The van der Waals surface area contributed by atoms with Crippen molar-refractivity contribution in [2.24, 2.45) is 0 Å². The minimum atomic E-state index is 1.23. The van der Waals surface area contributed by atoms with E-state index in [0.29, 0.717) is 0 Å². The topological polar surface area (TPSA) is 0 Å². The molecule has 0 nitrogen and oxygen atoms in total. The summed E-state index contributed by atoms with van der Waals surface area (Å²) in [4.78, 5) is 0. The molecule has 0 heterocycles. The average Bonchev–Trinajstić information content (AvgIpc) is 2.97. The van der Waals surface area contributed by atoms with Gasteiger partial charge in [-0.3, -0.25) is 0 Å². The van der Waals surface area contributed by atoms with E-state index < -0.39 is 0 Å². The normalized spacial score (nSPS) is 11.3. The second kappa shape index (κ2) is 10.1. The molecule has 0 bridgehead atoms. The highest BCUT2D eigenvalue weighted by Gasteiger charge is 2.11. The third-order valence-corrected chi connectivity index (χ3v) is 6.96. The van der Waals surface area contributed by atoms with Crippen LogP contribution in [0.2, 0.25) is 0 Å². The molecule has 0 radical (unpaired) electrons. The van der Waals surface area contributed by atoms with Gasteiger partial charge in [0.15, 0.2) is 0 Å². The molecule has 0 aromatic heterocycles. The van der Waals surface area contributed by atoms with Crippen LogP contribution in [-0.4, -0.2) is 0 Å². The monoisotopic (exact) mass is 472 g/mol. The van der Waals surface area contributed by atoms with Crippen molar-refractivity contribution in [1.29, 1.82) is 0 Å². The van der Waals surface area contributed by atoms with E-state index in [1.54, 1.807) is 0 Å². The molecule has 0 aliphatic carbocycles. The Morgan fingerprint density at radius 2 is 0.919 bits per heavy atom. The first kappa shape index (κ1) is 22.8. The molecule has 0 spiro atoms. The molecule has 7 aromatic rings. The van der Waals surface area contributed by atoms with Gasteiger partial charge in [0.05, 0.1) is 0 Å². The van der Waals surface area contributed by atoms with Gasteiger partial charge in [0.25, 0.3) is 0 Å². The molecule has 0 fully saturated rings. The molecule has 0 atom stereocenters. The molecule has 0 heteroatoms. The summed E-state index contributed by atoms with van der Waals surface area (Å²) in [6.45, 7) is 2.13. The zero-order valence-corrected chi connectivity index (χ0v) is 20.9. The molecule has 7 aromatic carbocycles. The van der Waals surface area contributed by atoms with Crippen molar-refractivity contribution in [2.45, 2.75) is 6.92 Å². The summed E-state index contributed by atoms with van der Waals surface area (Å²) in [5.74, 6) is 0. The molecule has 0 unspecified atom stereocenters. The third kappa shape index (κ3) is 4.75. The number of benzene rings is 7. The van der Waals surface area contributed by atoms with Gasteiger partial charge in [-0.2, -0.15) is 0 Å². The Morgan fingerprint density at radius 3 is 1.51 bits per heavy atom. The lowest BCUT2D eigenvalue weighted by Gasteiger charge is -2.14. The van der Waals surface area contributed by atoms with Crippen molar-refractivity contribution < 1.29 is 0 Å². The van der Waals surface area contributed by atoms with Crippen LogP contribution in [0.15, 0.2) is 140 Å². The second-order valence-corrected chi connectivity index (χ2v) is 9.49. The van der Waals surface area contributed by atoms with E-state index in [1.807, 2.05) is 36.4 Å². The molecular weight excluding hydrogens is 444 g/mol. The van der Waals surface area contributed by atoms with E-state index >= 15 is 0 Å². The van der Waals surface area contributed by atoms with Gasteiger partial charge in [0, 0.05) is 0 Å². The van der Waals surface area contributed by atoms with E-state index in [1.165, 1.54) is 60.1 Å². The lowest BCUT2D eigenvalue weighted by Crippen LogP contribution is -1.87. The van der Waals surface area contributed by atoms with Crippen molar-refractivity contribution in [2.75, 3.05) is 0 Å². The maximum atomic E-state index is 2.28. The van der Waals surface area contributed by atoms with Crippen molar-refractivity contribution in [1.82, 2.24) is 0 Å². The molecule has 37 heavy (non-hydrogen) atoms. The van der Waals surface area contributed by atoms with Crippen LogP contribution in [0.4, 0.5) is 0 Å². The lowest BCUT2D eigenvalue weighted by molar-refractivity contribution is 1.47. The van der Waals surface area contributed by atoms with Crippen LogP contribution in [0.5, 0.6) is 0 Å². The Balaban J connectivity index is 0.000000155. The van der Waals surface area contributed by atoms with E-state index in [0.717, 1.165) is 0 Å². The maximum absolute atomic E-state index is 2.28. The third-order valence-electron chi connectivity index (χ3n) is 6.96. The summed E-state index contributed by atoms with van der Waals surface area (Å²) in [6.07, 6.45) is 4.24. The lowest BCUT2D eigenvalue weighted by atomic mass is 9.90. The first-order chi connectivity index (χ1) is 18.3. The van der Waals surface area contributed by atoms with Gasteiger partial charge in [-0.05, 0) is 61.5 Å². The van der Waals surface area contributed by atoms with Crippen LogP contribution >= 0.6 is 0 Å². The molecule has 0 saturated heterocycles. The van der Waals surface area contributed by atoms with Crippen molar-refractivity contribution in [3.63, 3.8) is 0 Å². The molecule has 0 aliphatic rings. The van der Waals surface area contributed by atoms with Gasteiger partial charge in [0.2, 0.25) is 0 Å². The minimum Gasteiger partial charge on any atom is -0.0622 e. The molecule has 0 saturated carbocycles. The number of hydrogen-bond acceptors (Lipinski definition) is 0. The summed E-state index contributed by atoms with van der Waals surface area (Å²) in [7, 11) is 0.